The Balaban J connectivity index is 2.01. The number of carboxylic acids is 1. The molecule has 0 saturated heterocycles. The van der Waals surface area contributed by atoms with Gasteiger partial charge in [-0.3, -0.25) is 4.79 Å². The van der Waals surface area contributed by atoms with Gasteiger partial charge in [-0.1, -0.05) is 33.6 Å². The van der Waals surface area contributed by atoms with Gasteiger partial charge in [0, 0.05) is 10.5 Å². The molecule has 0 aromatic carbocycles. The quantitative estimate of drug-likeness (QED) is 0.824. The molecule has 3 atom stereocenters. The van der Waals surface area contributed by atoms with E-state index in [9.17, 15) is 9.90 Å². The number of hydrogen-bond donors (Lipinski definition) is 1. The Labute approximate surface area is 121 Å². The summed E-state index contributed by atoms with van der Waals surface area (Å²) in [7, 11) is 0. The minimum atomic E-state index is -0.567. The monoisotopic (exact) mass is 284 g/mol. The molecule has 0 spiro atoms. The number of hydrogen-bond acceptors (Lipinski definition) is 2. The summed E-state index contributed by atoms with van der Waals surface area (Å²) in [5.41, 5.74) is 0.317. The summed E-state index contributed by atoms with van der Waals surface area (Å²) in [5, 5.41) is 10.5. The molecule has 2 nitrogen and oxygen atoms in total. The molecule has 2 aliphatic rings. The zero-order chi connectivity index (χ0) is 14.0. The highest BCUT2D eigenvalue weighted by atomic mass is 32.2. The van der Waals surface area contributed by atoms with Crippen molar-refractivity contribution < 1.29 is 9.90 Å². The third kappa shape index (κ3) is 3.90. The Morgan fingerprint density at radius 2 is 1.74 bits per heavy atom. The molecule has 0 aliphatic heterocycles. The lowest BCUT2D eigenvalue weighted by molar-refractivity contribution is -0.143. The highest BCUT2D eigenvalue weighted by Crippen LogP contribution is 2.46. The van der Waals surface area contributed by atoms with Crippen molar-refractivity contribution in [3.63, 3.8) is 0 Å². The van der Waals surface area contributed by atoms with Crippen molar-refractivity contribution in [2.24, 2.45) is 17.3 Å². The van der Waals surface area contributed by atoms with E-state index in [-0.39, 0.29) is 5.92 Å². The van der Waals surface area contributed by atoms with E-state index in [4.69, 9.17) is 0 Å². The second kappa shape index (κ2) is 6.07. The van der Waals surface area contributed by atoms with E-state index in [0.29, 0.717) is 16.6 Å². The Kier molecular flexibility index (Phi) is 4.86. The SMILES string of the molecule is CC(C)(C)C1CCC(C(=O)O)C(SC2CCCC2)C1. The number of aliphatic carboxylic acids is 1. The second-order valence-corrected chi connectivity index (χ2v) is 8.95. The number of carbonyl (C=O) groups is 1. The lowest BCUT2D eigenvalue weighted by atomic mass is 9.69. The molecular formula is C16H28O2S. The first-order valence-electron chi connectivity index (χ1n) is 7.76. The predicted molar refractivity (Wildman–Crippen MR) is 81.6 cm³/mol. The fourth-order valence-corrected chi connectivity index (χ4v) is 5.51. The van der Waals surface area contributed by atoms with Crippen molar-refractivity contribution in [3.8, 4) is 0 Å². The van der Waals surface area contributed by atoms with Crippen molar-refractivity contribution in [1.82, 2.24) is 0 Å². The second-order valence-electron chi connectivity index (χ2n) is 7.40. The zero-order valence-corrected chi connectivity index (χ0v) is 13.3. The number of rotatable bonds is 3. The first-order valence-corrected chi connectivity index (χ1v) is 8.70. The molecule has 0 aromatic heterocycles. The van der Waals surface area contributed by atoms with Crippen molar-refractivity contribution >= 4 is 17.7 Å². The molecule has 19 heavy (non-hydrogen) atoms. The van der Waals surface area contributed by atoms with Gasteiger partial charge in [-0.25, -0.2) is 0 Å². The number of thioether (sulfide) groups is 1. The Hall–Kier alpha value is -0.180. The molecule has 0 radical (unpaired) electrons. The molecule has 0 bridgehead atoms. The van der Waals surface area contributed by atoms with Crippen LogP contribution in [0.5, 0.6) is 0 Å². The van der Waals surface area contributed by atoms with Gasteiger partial charge in [-0.15, -0.1) is 0 Å². The van der Waals surface area contributed by atoms with E-state index in [2.05, 4.69) is 20.8 Å². The lowest BCUT2D eigenvalue weighted by Gasteiger charge is -2.41. The van der Waals surface area contributed by atoms with Crippen LogP contribution in [0.15, 0.2) is 0 Å². The summed E-state index contributed by atoms with van der Waals surface area (Å²) in [4.78, 5) is 11.5. The topological polar surface area (TPSA) is 37.3 Å². The maximum absolute atomic E-state index is 11.5. The molecule has 2 fully saturated rings. The van der Waals surface area contributed by atoms with E-state index in [1.54, 1.807) is 0 Å². The molecule has 0 amide bonds. The van der Waals surface area contributed by atoms with Gasteiger partial charge in [0.1, 0.15) is 0 Å². The highest BCUT2D eigenvalue weighted by molar-refractivity contribution is 8.00. The van der Waals surface area contributed by atoms with Gasteiger partial charge >= 0.3 is 5.97 Å². The molecule has 0 aromatic rings. The van der Waals surface area contributed by atoms with Crippen LogP contribution in [0.4, 0.5) is 0 Å². The van der Waals surface area contributed by atoms with Crippen molar-refractivity contribution in [2.45, 2.75) is 76.2 Å². The van der Waals surface area contributed by atoms with Crippen LogP contribution < -0.4 is 0 Å². The van der Waals surface area contributed by atoms with Crippen LogP contribution in [0.2, 0.25) is 0 Å². The molecule has 2 rings (SSSR count). The summed E-state index contributed by atoms with van der Waals surface area (Å²) in [6.45, 7) is 6.90. The maximum atomic E-state index is 11.5. The van der Waals surface area contributed by atoms with Gasteiger partial charge in [-0.2, -0.15) is 11.8 Å². The summed E-state index contributed by atoms with van der Waals surface area (Å²) < 4.78 is 0. The first-order chi connectivity index (χ1) is 8.88. The Bertz CT molecular complexity index is 315. The first kappa shape index (κ1) is 15.2. The molecule has 1 N–H and O–H groups in total. The van der Waals surface area contributed by atoms with E-state index in [0.717, 1.165) is 24.5 Å². The molecule has 2 aliphatic carbocycles. The van der Waals surface area contributed by atoms with Crippen molar-refractivity contribution in [2.75, 3.05) is 0 Å². The zero-order valence-electron chi connectivity index (χ0n) is 12.5. The largest absolute Gasteiger partial charge is 0.481 e. The summed E-state index contributed by atoms with van der Waals surface area (Å²) in [5.74, 6) is 0.00839. The normalized spacial score (nSPS) is 33.5. The highest BCUT2D eigenvalue weighted by Gasteiger charge is 2.40. The van der Waals surface area contributed by atoms with Gasteiger partial charge in [0.2, 0.25) is 0 Å². The summed E-state index contributed by atoms with van der Waals surface area (Å²) in [6.07, 6.45) is 8.34. The molecule has 2 saturated carbocycles. The minimum Gasteiger partial charge on any atom is -0.481 e. The molecule has 110 valence electrons. The van der Waals surface area contributed by atoms with Crippen LogP contribution in [0, 0.1) is 17.3 Å². The standard InChI is InChI=1S/C16H28O2S/c1-16(2,3)11-8-9-13(15(17)18)14(10-11)19-12-6-4-5-7-12/h11-14H,4-10H2,1-3H3,(H,17,18). The average molecular weight is 284 g/mol. The van der Waals surface area contributed by atoms with Crippen LogP contribution in [-0.2, 0) is 4.79 Å². The molecule has 3 unspecified atom stereocenters. The predicted octanol–water partition coefficient (Wildman–Crippen LogP) is 4.58. The van der Waals surface area contributed by atoms with Crippen LogP contribution in [0.25, 0.3) is 0 Å². The minimum absolute atomic E-state index is 0.107. The van der Waals surface area contributed by atoms with E-state index in [1.807, 2.05) is 11.8 Å². The van der Waals surface area contributed by atoms with E-state index < -0.39 is 5.97 Å². The Morgan fingerprint density at radius 1 is 1.11 bits per heavy atom. The summed E-state index contributed by atoms with van der Waals surface area (Å²) in [6, 6.07) is 0. The van der Waals surface area contributed by atoms with Crippen LogP contribution in [0.1, 0.15) is 65.7 Å². The van der Waals surface area contributed by atoms with E-state index in [1.165, 1.54) is 25.7 Å². The molecule has 0 heterocycles. The van der Waals surface area contributed by atoms with Gasteiger partial charge in [0.25, 0.3) is 0 Å². The van der Waals surface area contributed by atoms with Crippen LogP contribution in [-0.4, -0.2) is 21.6 Å². The van der Waals surface area contributed by atoms with Gasteiger partial charge in [0.05, 0.1) is 5.92 Å². The Morgan fingerprint density at radius 3 is 2.26 bits per heavy atom. The van der Waals surface area contributed by atoms with Gasteiger partial charge in [0.15, 0.2) is 0 Å². The third-order valence-electron chi connectivity index (χ3n) is 5.00. The smallest absolute Gasteiger partial charge is 0.307 e. The maximum Gasteiger partial charge on any atom is 0.307 e. The van der Waals surface area contributed by atoms with Crippen LogP contribution in [0.3, 0.4) is 0 Å². The van der Waals surface area contributed by atoms with E-state index >= 15 is 0 Å². The number of carboxylic acid groups (broad SMARTS) is 1. The third-order valence-corrected chi connectivity index (χ3v) is 6.73. The van der Waals surface area contributed by atoms with Crippen molar-refractivity contribution in [1.29, 1.82) is 0 Å². The average Bonchev–Trinajstić information content (AvgIpc) is 2.80. The fourth-order valence-electron chi connectivity index (χ4n) is 3.62. The lowest BCUT2D eigenvalue weighted by Crippen LogP contribution is -2.37. The summed E-state index contributed by atoms with van der Waals surface area (Å²) >= 11 is 2.00. The fraction of sp³-hybridized carbons (Fsp3) is 0.938. The van der Waals surface area contributed by atoms with Crippen LogP contribution >= 0.6 is 11.8 Å². The van der Waals surface area contributed by atoms with Gasteiger partial charge < -0.3 is 5.11 Å². The molecule has 3 heteroatoms. The van der Waals surface area contributed by atoms with Crippen molar-refractivity contribution in [3.05, 3.63) is 0 Å². The molecular weight excluding hydrogens is 256 g/mol. The van der Waals surface area contributed by atoms with Gasteiger partial charge in [-0.05, 0) is 43.4 Å².